The van der Waals surface area contributed by atoms with Crippen molar-refractivity contribution >= 4 is 0 Å². The van der Waals surface area contributed by atoms with Crippen molar-refractivity contribution in [2.75, 3.05) is 0 Å². The summed E-state index contributed by atoms with van der Waals surface area (Å²) < 4.78 is 1.81. The van der Waals surface area contributed by atoms with Crippen LogP contribution in [0.2, 0.25) is 0 Å². The largest absolute Gasteiger partial charge is 0.388 e. The fourth-order valence-corrected chi connectivity index (χ4v) is 2.12. The molecule has 0 aliphatic rings. The number of hydrogen-bond acceptors (Lipinski definition) is 2. The van der Waals surface area contributed by atoms with Gasteiger partial charge in [0.2, 0.25) is 0 Å². The molecule has 0 radical (unpaired) electrons. The number of aliphatic hydroxyl groups is 1. The van der Waals surface area contributed by atoms with E-state index in [1.54, 1.807) is 10.9 Å². The van der Waals surface area contributed by atoms with E-state index in [4.69, 9.17) is 0 Å². The van der Waals surface area contributed by atoms with Crippen LogP contribution < -0.4 is 0 Å². The molecule has 0 aliphatic carbocycles. The highest BCUT2D eigenvalue weighted by molar-refractivity contribution is 5.31. The van der Waals surface area contributed by atoms with Crippen LogP contribution in [0.3, 0.4) is 0 Å². The predicted molar refractivity (Wildman–Crippen MR) is 77.2 cm³/mol. The van der Waals surface area contributed by atoms with Crippen LogP contribution in [0.4, 0.5) is 0 Å². The Bertz CT molecular complexity index is 490. The van der Waals surface area contributed by atoms with Gasteiger partial charge in [0, 0.05) is 11.8 Å². The van der Waals surface area contributed by atoms with E-state index in [0.717, 1.165) is 30.5 Å². The van der Waals surface area contributed by atoms with Gasteiger partial charge in [0.25, 0.3) is 0 Å². The molecule has 19 heavy (non-hydrogen) atoms. The Morgan fingerprint density at radius 3 is 2.58 bits per heavy atom. The van der Waals surface area contributed by atoms with E-state index in [1.165, 1.54) is 0 Å². The molecule has 3 heteroatoms. The van der Waals surface area contributed by atoms with E-state index in [9.17, 15) is 5.11 Å². The standard InChI is InChI=1S/C16H22N2O/c1-13(2)7-6-10-16(19)14-11-17-18(12-14)15-8-4-3-5-9-15/h3-5,8-9,11-13,16,19H,6-7,10H2,1-2H3. The Balaban J connectivity index is 1.97. The Morgan fingerprint density at radius 1 is 1.16 bits per heavy atom. The second kappa shape index (κ2) is 6.53. The topological polar surface area (TPSA) is 38.1 Å². The molecule has 0 spiro atoms. The number of para-hydroxylation sites is 1. The van der Waals surface area contributed by atoms with Crippen molar-refractivity contribution in [1.29, 1.82) is 0 Å². The van der Waals surface area contributed by atoms with E-state index >= 15 is 0 Å². The first kappa shape index (κ1) is 13.8. The average Bonchev–Trinajstić information content (AvgIpc) is 2.89. The molecule has 1 atom stereocenters. The smallest absolute Gasteiger partial charge is 0.0820 e. The zero-order valence-corrected chi connectivity index (χ0v) is 11.7. The summed E-state index contributed by atoms with van der Waals surface area (Å²) in [5.41, 5.74) is 1.91. The number of hydrogen-bond donors (Lipinski definition) is 1. The molecule has 0 fully saturated rings. The number of rotatable bonds is 6. The van der Waals surface area contributed by atoms with Gasteiger partial charge in [-0.05, 0) is 24.5 Å². The van der Waals surface area contributed by atoms with Crippen molar-refractivity contribution in [1.82, 2.24) is 9.78 Å². The van der Waals surface area contributed by atoms with Crippen molar-refractivity contribution in [3.8, 4) is 5.69 Å². The SMILES string of the molecule is CC(C)CCCC(O)c1cnn(-c2ccccc2)c1. The minimum absolute atomic E-state index is 0.406. The minimum atomic E-state index is -0.406. The summed E-state index contributed by atoms with van der Waals surface area (Å²) in [6.45, 7) is 4.42. The lowest BCUT2D eigenvalue weighted by molar-refractivity contribution is 0.162. The normalized spacial score (nSPS) is 12.8. The third-order valence-electron chi connectivity index (χ3n) is 3.27. The molecule has 1 N–H and O–H groups in total. The summed E-state index contributed by atoms with van der Waals surface area (Å²) in [4.78, 5) is 0. The molecule has 2 aromatic rings. The summed E-state index contributed by atoms with van der Waals surface area (Å²) in [5, 5.41) is 14.4. The van der Waals surface area contributed by atoms with Crippen LogP contribution in [-0.2, 0) is 0 Å². The van der Waals surface area contributed by atoms with Gasteiger partial charge >= 0.3 is 0 Å². The summed E-state index contributed by atoms with van der Waals surface area (Å²) in [6, 6.07) is 9.95. The Hall–Kier alpha value is -1.61. The lowest BCUT2D eigenvalue weighted by Gasteiger charge is -2.09. The van der Waals surface area contributed by atoms with Crippen molar-refractivity contribution in [2.45, 2.75) is 39.2 Å². The molecule has 0 saturated heterocycles. The molecule has 3 nitrogen and oxygen atoms in total. The molecular weight excluding hydrogens is 236 g/mol. The second-order valence-electron chi connectivity index (χ2n) is 5.39. The van der Waals surface area contributed by atoms with E-state index in [-0.39, 0.29) is 0 Å². The molecule has 102 valence electrons. The molecule has 1 aromatic carbocycles. The van der Waals surface area contributed by atoms with E-state index < -0.39 is 6.10 Å². The number of benzene rings is 1. The lowest BCUT2D eigenvalue weighted by Crippen LogP contribution is -1.98. The molecule has 0 saturated carbocycles. The molecule has 0 aliphatic heterocycles. The van der Waals surface area contributed by atoms with Crippen molar-refractivity contribution < 1.29 is 5.11 Å². The Morgan fingerprint density at radius 2 is 1.89 bits per heavy atom. The molecule has 0 amide bonds. The first-order valence-corrected chi connectivity index (χ1v) is 6.95. The van der Waals surface area contributed by atoms with Crippen molar-refractivity contribution in [3.63, 3.8) is 0 Å². The zero-order valence-electron chi connectivity index (χ0n) is 11.7. The van der Waals surface area contributed by atoms with Crippen LogP contribution >= 0.6 is 0 Å². The van der Waals surface area contributed by atoms with Crippen LogP contribution in [0.15, 0.2) is 42.7 Å². The summed E-state index contributed by atoms with van der Waals surface area (Å²) in [6.07, 6.45) is 6.27. The molecule has 0 bridgehead atoms. The Kier molecular flexibility index (Phi) is 4.74. The van der Waals surface area contributed by atoms with Crippen molar-refractivity contribution in [3.05, 3.63) is 48.3 Å². The van der Waals surface area contributed by atoms with E-state index in [0.29, 0.717) is 5.92 Å². The third kappa shape index (κ3) is 3.93. The average molecular weight is 258 g/mol. The first-order chi connectivity index (χ1) is 9.16. The minimum Gasteiger partial charge on any atom is -0.388 e. The maximum absolute atomic E-state index is 10.1. The van der Waals surface area contributed by atoms with Crippen LogP contribution in [0.5, 0.6) is 0 Å². The maximum Gasteiger partial charge on any atom is 0.0820 e. The number of nitrogens with zero attached hydrogens (tertiary/aromatic N) is 2. The molecule has 2 rings (SSSR count). The highest BCUT2D eigenvalue weighted by atomic mass is 16.3. The first-order valence-electron chi connectivity index (χ1n) is 6.95. The number of aromatic nitrogens is 2. The van der Waals surface area contributed by atoms with Crippen LogP contribution in [0.25, 0.3) is 5.69 Å². The van der Waals surface area contributed by atoms with Gasteiger partial charge in [-0.1, -0.05) is 44.9 Å². The molecule has 1 aromatic heterocycles. The second-order valence-corrected chi connectivity index (χ2v) is 5.39. The van der Waals surface area contributed by atoms with Crippen LogP contribution in [-0.4, -0.2) is 14.9 Å². The fraction of sp³-hybridized carbons (Fsp3) is 0.438. The summed E-state index contributed by atoms with van der Waals surface area (Å²) in [7, 11) is 0. The van der Waals surface area contributed by atoms with Gasteiger partial charge < -0.3 is 5.11 Å². The summed E-state index contributed by atoms with van der Waals surface area (Å²) in [5.74, 6) is 0.694. The van der Waals surface area contributed by atoms with E-state index in [2.05, 4.69) is 18.9 Å². The van der Waals surface area contributed by atoms with Gasteiger partial charge in [-0.3, -0.25) is 0 Å². The highest BCUT2D eigenvalue weighted by Crippen LogP contribution is 2.21. The zero-order chi connectivity index (χ0) is 13.7. The molecule has 1 heterocycles. The molecular formula is C16H22N2O. The number of aliphatic hydroxyl groups excluding tert-OH is 1. The third-order valence-corrected chi connectivity index (χ3v) is 3.27. The van der Waals surface area contributed by atoms with Crippen LogP contribution in [0.1, 0.15) is 44.8 Å². The van der Waals surface area contributed by atoms with E-state index in [1.807, 2.05) is 36.5 Å². The van der Waals surface area contributed by atoms with Gasteiger partial charge in [0.05, 0.1) is 18.0 Å². The quantitative estimate of drug-likeness (QED) is 0.857. The fourth-order valence-electron chi connectivity index (χ4n) is 2.12. The van der Waals surface area contributed by atoms with Gasteiger partial charge in [0.15, 0.2) is 0 Å². The Labute approximate surface area is 114 Å². The van der Waals surface area contributed by atoms with Crippen LogP contribution in [0, 0.1) is 5.92 Å². The van der Waals surface area contributed by atoms with Crippen molar-refractivity contribution in [2.24, 2.45) is 5.92 Å². The monoisotopic (exact) mass is 258 g/mol. The van der Waals surface area contributed by atoms with Gasteiger partial charge in [-0.25, -0.2) is 4.68 Å². The summed E-state index contributed by atoms with van der Waals surface area (Å²) >= 11 is 0. The molecule has 1 unspecified atom stereocenters. The maximum atomic E-state index is 10.1. The van der Waals surface area contributed by atoms with Gasteiger partial charge in [0.1, 0.15) is 0 Å². The highest BCUT2D eigenvalue weighted by Gasteiger charge is 2.10. The lowest BCUT2D eigenvalue weighted by atomic mass is 10.0. The predicted octanol–water partition coefficient (Wildman–Crippen LogP) is 3.73. The van der Waals surface area contributed by atoms with Gasteiger partial charge in [-0.2, -0.15) is 5.10 Å². The van der Waals surface area contributed by atoms with Gasteiger partial charge in [-0.15, -0.1) is 0 Å².